The lowest BCUT2D eigenvalue weighted by molar-refractivity contribution is 0.0982. The number of aryl methyl sites for hydroxylation is 2. The van der Waals surface area contributed by atoms with E-state index in [-0.39, 0.29) is 5.78 Å². The number of halogens is 2. The molecule has 0 aliphatic rings. The summed E-state index contributed by atoms with van der Waals surface area (Å²) in [4.78, 5) is 13.3. The highest BCUT2D eigenvalue weighted by Gasteiger charge is 2.10. The Morgan fingerprint density at radius 3 is 2.72 bits per heavy atom. The van der Waals surface area contributed by atoms with Crippen LogP contribution in [0.2, 0.25) is 10.0 Å². The van der Waals surface area contributed by atoms with Gasteiger partial charge in [-0.25, -0.2) is 0 Å². The number of carbonyl (C=O) groups is 1. The summed E-state index contributed by atoms with van der Waals surface area (Å²) in [5.74, 6) is 0.520. The van der Waals surface area contributed by atoms with Gasteiger partial charge in [-0.2, -0.15) is 4.80 Å². The minimum Gasteiger partial charge on any atom is -0.294 e. The fourth-order valence-electron chi connectivity index (χ4n) is 1.46. The Balaban J connectivity index is 2.01. The molecular weight excluding hydrogens is 275 g/mol. The molecule has 18 heavy (non-hydrogen) atoms. The summed E-state index contributed by atoms with van der Waals surface area (Å²) >= 11 is 11.6. The summed E-state index contributed by atoms with van der Waals surface area (Å²) in [6.07, 6.45) is 0.760. The number of tetrazole rings is 1. The SMILES string of the molecule is Cn1nnc(CCC(=O)c2ccc(Cl)c(Cl)c2)n1. The fourth-order valence-corrected chi connectivity index (χ4v) is 1.76. The molecule has 0 saturated carbocycles. The van der Waals surface area contributed by atoms with Crippen molar-refractivity contribution in [3.05, 3.63) is 39.6 Å². The number of nitrogens with zero attached hydrogens (tertiary/aromatic N) is 4. The molecule has 1 aromatic heterocycles. The molecule has 0 spiro atoms. The molecule has 5 nitrogen and oxygen atoms in total. The summed E-state index contributed by atoms with van der Waals surface area (Å²) in [6.45, 7) is 0. The van der Waals surface area contributed by atoms with Gasteiger partial charge in [0.2, 0.25) is 0 Å². The van der Waals surface area contributed by atoms with Crippen LogP contribution in [0.1, 0.15) is 22.6 Å². The van der Waals surface area contributed by atoms with Crippen LogP contribution in [0.3, 0.4) is 0 Å². The topological polar surface area (TPSA) is 60.7 Å². The average Bonchev–Trinajstić information content (AvgIpc) is 2.75. The van der Waals surface area contributed by atoms with Gasteiger partial charge in [0.15, 0.2) is 11.6 Å². The molecule has 94 valence electrons. The minimum absolute atomic E-state index is 0.0268. The zero-order valence-corrected chi connectivity index (χ0v) is 11.1. The van der Waals surface area contributed by atoms with Crippen molar-refractivity contribution in [1.29, 1.82) is 0 Å². The molecular formula is C11H10Cl2N4O. The van der Waals surface area contributed by atoms with Gasteiger partial charge in [0.25, 0.3) is 0 Å². The van der Waals surface area contributed by atoms with Gasteiger partial charge in [0.05, 0.1) is 17.1 Å². The Labute approximate surface area is 114 Å². The Morgan fingerprint density at radius 2 is 2.11 bits per heavy atom. The molecule has 0 bridgehead atoms. The number of aromatic nitrogens is 4. The van der Waals surface area contributed by atoms with E-state index in [9.17, 15) is 4.79 Å². The molecule has 2 rings (SSSR count). The molecule has 0 unspecified atom stereocenters. The quantitative estimate of drug-likeness (QED) is 0.809. The lowest BCUT2D eigenvalue weighted by Gasteiger charge is -2.01. The molecule has 2 aromatic rings. The standard InChI is InChI=1S/C11H10Cl2N4O/c1-17-15-11(14-16-17)5-4-10(18)7-2-3-8(12)9(13)6-7/h2-3,6H,4-5H2,1H3. The van der Waals surface area contributed by atoms with E-state index in [1.807, 2.05) is 0 Å². The predicted octanol–water partition coefficient (Wildman–Crippen LogP) is 2.33. The van der Waals surface area contributed by atoms with Crippen molar-refractivity contribution in [3.63, 3.8) is 0 Å². The van der Waals surface area contributed by atoms with Gasteiger partial charge < -0.3 is 0 Å². The van der Waals surface area contributed by atoms with Crippen LogP contribution in [-0.2, 0) is 13.5 Å². The lowest BCUT2D eigenvalue weighted by Crippen LogP contribution is -2.02. The summed E-state index contributed by atoms with van der Waals surface area (Å²) in [6, 6.07) is 4.83. The van der Waals surface area contributed by atoms with Crippen molar-refractivity contribution in [3.8, 4) is 0 Å². The highest BCUT2D eigenvalue weighted by molar-refractivity contribution is 6.42. The first-order valence-corrected chi connectivity index (χ1v) is 6.03. The first-order chi connectivity index (χ1) is 8.56. The van der Waals surface area contributed by atoms with Crippen LogP contribution in [0.15, 0.2) is 18.2 Å². The van der Waals surface area contributed by atoms with E-state index in [1.54, 1.807) is 25.2 Å². The monoisotopic (exact) mass is 284 g/mol. The van der Waals surface area contributed by atoms with Crippen LogP contribution < -0.4 is 0 Å². The van der Waals surface area contributed by atoms with Crippen LogP contribution in [0.5, 0.6) is 0 Å². The first-order valence-electron chi connectivity index (χ1n) is 5.27. The van der Waals surface area contributed by atoms with E-state index in [1.165, 1.54) is 4.80 Å². The van der Waals surface area contributed by atoms with Crippen molar-refractivity contribution in [2.24, 2.45) is 7.05 Å². The third kappa shape index (κ3) is 3.05. The summed E-state index contributed by atoms with van der Waals surface area (Å²) < 4.78 is 0. The predicted molar refractivity (Wildman–Crippen MR) is 67.9 cm³/mol. The molecule has 1 aromatic carbocycles. The molecule has 0 aliphatic carbocycles. The number of benzene rings is 1. The van der Waals surface area contributed by atoms with Gasteiger partial charge >= 0.3 is 0 Å². The maximum Gasteiger partial charge on any atom is 0.175 e. The number of hydrogen-bond acceptors (Lipinski definition) is 4. The van der Waals surface area contributed by atoms with E-state index in [0.717, 1.165) is 0 Å². The van der Waals surface area contributed by atoms with Crippen LogP contribution >= 0.6 is 23.2 Å². The highest BCUT2D eigenvalue weighted by atomic mass is 35.5. The summed E-state index contributed by atoms with van der Waals surface area (Å²) in [7, 11) is 1.68. The smallest absolute Gasteiger partial charge is 0.175 e. The average molecular weight is 285 g/mol. The number of ketones is 1. The van der Waals surface area contributed by atoms with Crippen LogP contribution in [0.25, 0.3) is 0 Å². The van der Waals surface area contributed by atoms with Crippen molar-refractivity contribution in [2.45, 2.75) is 12.8 Å². The Bertz CT molecular complexity index is 582. The third-order valence-electron chi connectivity index (χ3n) is 2.37. The zero-order valence-electron chi connectivity index (χ0n) is 9.60. The second-order valence-electron chi connectivity index (χ2n) is 3.75. The molecule has 0 amide bonds. The van der Waals surface area contributed by atoms with E-state index >= 15 is 0 Å². The molecule has 1 heterocycles. The van der Waals surface area contributed by atoms with E-state index in [0.29, 0.717) is 34.3 Å². The van der Waals surface area contributed by atoms with Crippen LogP contribution in [0, 0.1) is 0 Å². The minimum atomic E-state index is -0.0268. The third-order valence-corrected chi connectivity index (χ3v) is 3.11. The largest absolute Gasteiger partial charge is 0.294 e. The normalized spacial score (nSPS) is 10.6. The maximum atomic E-state index is 11.9. The lowest BCUT2D eigenvalue weighted by atomic mass is 10.1. The molecule has 0 fully saturated rings. The van der Waals surface area contributed by atoms with Gasteiger partial charge in [-0.1, -0.05) is 23.2 Å². The van der Waals surface area contributed by atoms with Gasteiger partial charge in [0, 0.05) is 18.4 Å². The number of hydrogen-bond donors (Lipinski definition) is 0. The second kappa shape index (κ2) is 5.46. The molecule has 0 aliphatic heterocycles. The van der Waals surface area contributed by atoms with Gasteiger partial charge in [-0.15, -0.1) is 10.2 Å². The van der Waals surface area contributed by atoms with Crippen LogP contribution in [0.4, 0.5) is 0 Å². The van der Waals surface area contributed by atoms with Gasteiger partial charge in [0.1, 0.15) is 0 Å². The number of carbonyl (C=O) groups excluding carboxylic acids is 1. The van der Waals surface area contributed by atoms with Crippen molar-refractivity contribution in [1.82, 2.24) is 20.2 Å². The zero-order chi connectivity index (χ0) is 13.1. The molecule has 0 N–H and O–H groups in total. The van der Waals surface area contributed by atoms with E-state index < -0.39 is 0 Å². The Kier molecular flexibility index (Phi) is 3.93. The summed E-state index contributed by atoms with van der Waals surface area (Å²) in [5, 5.41) is 12.3. The fraction of sp³-hybridized carbons (Fsp3) is 0.273. The van der Waals surface area contributed by atoms with Crippen molar-refractivity contribution in [2.75, 3.05) is 0 Å². The summed E-state index contributed by atoms with van der Waals surface area (Å²) in [5.41, 5.74) is 0.535. The van der Waals surface area contributed by atoms with E-state index in [2.05, 4.69) is 15.4 Å². The second-order valence-corrected chi connectivity index (χ2v) is 4.56. The Hall–Kier alpha value is -1.46. The first kappa shape index (κ1) is 13.0. The maximum absolute atomic E-state index is 11.9. The van der Waals surface area contributed by atoms with Crippen molar-refractivity contribution < 1.29 is 4.79 Å². The molecule has 7 heteroatoms. The number of rotatable bonds is 4. The molecule has 0 saturated heterocycles. The van der Waals surface area contributed by atoms with Gasteiger partial charge in [-0.3, -0.25) is 4.79 Å². The number of Topliss-reactive ketones (excluding diaryl/α,β-unsaturated/α-hetero) is 1. The highest BCUT2D eigenvalue weighted by Crippen LogP contribution is 2.23. The molecule has 0 atom stereocenters. The van der Waals surface area contributed by atoms with Gasteiger partial charge in [-0.05, 0) is 23.4 Å². The van der Waals surface area contributed by atoms with Crippen LogP contribution in [-0.4, -0.2) is 26.0 Å². The van der Waals surface area contributed by atoms with E-state index in [4.69, 9.17) is 23.2 Å². The van der Waals surface area contributed by atoms with Crippen molar-refractivity contribution >= 4 is 29.0 Å². The molecule has 0 radical (unpaired) electrons. The Morgan fingerprint density at radius 1 is 1.33 bits per heavy atom.